The number of carbonyl (C=O) groups is 1. The molecule has 1 heterocycles. The first-order valence-corrected chi connectivity index (χ1v) is 6.26. The molecule has 0 fully saturated rings. The van der Waals surface area contributed by atoms with Crippen molar-refractivity contribution < 1.29 is 19.0 Å². The van der Waals surface area contributed by atoms with Crippen LogP contribution in [-0.4, -0.2) is 20.2 Å². The Morgan fingerprint density at radius 1 is 1.00 bits per heavy atom. The van der Waals surface area contributed by atoms with Crippen molar-refractivity contribution >= 4 is 5.97 Å². The molecule has 0 radical (unpaired) electrons. The van der Waals surface area contributed by atoms with Gasteiger partial charge in [-0.25, -0.2) is 4.79 Å². The highest BCUT2D eigenvalue weighted by atomic mass is 16.5. The topological polar surface area (TPSA) is 44.8 Å². The van der Waals surface area contributed by atoms with E-state index < -0.39 is 6.10 Å². The zero-order valence-electron chi connectivity index (χ0n) is 11.3. The van der Waals surface area contributed by atoms with Gasteiger partial charge in [0.15, 0.2) is 17.6 Å². The van der Waals surface area contributed by atoms with Gasteiger partial charge in [-0.15, -0.1) is 0 Å². The Morgan fingerprint density at radius 2 is 1.65 bits per heavy atom. The fourth-order valence-electron chi connectivity index (χ4n) is 2.40. The van der Waals surface area contributed by atoms with Crippen LogP contribution in [-0.2, 0) is 4.74 Å². The summed E-state index contributed by atoms with van der Waals surface area (Å²) in [5.41, 5.74) is 2.27. The van der Waals surface area contributed by atoms with Crippen LogP contribution in [0.25, 0.3) is 0 Å². The minimum absolute atomic E-state index is 0.338. The summed E-state index contributed by atoms with van der Waals surface area (Å²) < 4.78 is 16.0. The zero-order chi connectivity index (χ0) is 14.1. The van der Waals surface area contributed by atoms with Gasteiger partial charge < -0.3 is 14.2 Å². The molecule has 0 aliphatic carbocycles. The SMILES string of the molecule is COc1cc2c(cc1OC)C(c1ccccc1)OC2=O. The molecular weight excluding hydrogens is 256 g/mol. The number of cyclic esters (lactones) is 1. The lowest BCUT2D eigenvalue weighted by Gasteiger charge is -2.13. The Labute approximate surface area is 116 Å². The monoisotopic (exact) mass is 270 g/mol. The highest BCUT2D eigenvalue weighted by molar-refractivity contribution is 5.95. The Hall–Kier alpha value is -2.49. The molecule has 1 atom stereocenters. The van der Waals surface area contributed by atoms with Crippen molar-refractivity contribution in [1.29, 1.82) is 0 Å². The molecule has 0 N–H and O–H groups in total. The molecule has 4 heteroatoms. The molecular formula is C16H14O4. The molecule has 0 aromatic heterocycles. The fraction of sp³-hybridized carbons (Fsp3) is 0.188. The van der Waals surface area contributed by atoms with E-state index in [4.69, 9.17) is 14.2 Å². The first-order valence-electron chi connectivity index (χ1n) is 6.26. The van der Waals surface area contributed by atoms with E-state index in [1.54, 1.807) is 26.4 Å². The maximum atomic E-state index is 12.0. The second kappa shape index (κ2) is 4.89. The largest absolute Gasteiger partial charge is 0.493 e. The second-order valence-electron chi connectivity index (χ2n) is 4.49. The van der Waals surface area contributed by atoms with Crippen molar-refractivity contribution in [3.05, 3.63) is 59.2 Å². The van der Waals surface area contributed by atoms with E-state index >= 15 is 0 Å². The number of rotatable bonds is 3. The van der Waals surface area contributed by atoms with Gasteiger partial charge in [0.1, 0.15) is 0 Å². The summed E-state index contributed by atoms with van der Waals surface area (Å²) in [5, 5.41) is 0. The van der Waals surface area contributed by atoms with Gasteiger partial charge in [-0.3, -0.25) is 0 Å². The van der Waals surface area contributed by atoms with Gasteiger partial charge in [-0.05, 0) is 17.7 Å². The lowest BCUT2D eigenvalue weighted by molar-refractivity contribution is 0.0455. The van der Waals surface area contributed by atoms with Gasteiger partial charge in [0.05, 0.1) is 19.8 Å². The van der Waals surface area contributed by atoms with E-state index in [2.05, 4.69) is 0 Å². The van der Waals surface area contributed by atoms with Crippen molar-refractivity contribution in [2.75, 3.05) is 14.2 Å². The van der Waals surface area contributed by atoms with Gasteiger partial charge >= 0.3 is 5.97 Å². The summed E-state index contributed by atoms with van der Waals surface area (Å²) in [7, 11) is 3.11. The maximum absolute atomic E-state index is 12.0. The summed E-state index contributed by atoms with van der Waals surface area (Å²) in [5.74, 6) is 0.775. The zero-order valence-corrected chi connectivity index (χ0v) is 11.3. The number of carbonyl (C=O) groups excluding carboxylic acids is 1. The highest BCUT2D eigenvalue weighted by Crippen LogP contribution is 2.41. The summed E-state index contributed by atoms with van der Waals surface area (Å²) >= 11 is 0. The molecule has 0 spiro atoms. The molecule has 2 aromatic carbocycles. The van der Waals surface area contributed by atoms with Gasteiger partial charge in [0, 0.05) is 5.56 Å². The number of benzene rings is 2. The number of hydrogen-bond acceptors (Lipinski definition) is 4. The third kappa shape index (κ3) is 1.90. The molecule has 102 valence electrons. The number of hydrogen-bond donors (Lipinski definition) is 0. The molecule has 1 unspecified atom stereocenters. The van der Waals surface area contributed by atoms with Crippen molar-refractivity contribution in [3.63, 3.8) is 0 Å². The van der Waals surface area contributed by atoms with E-state index in [1.165, 1.54) is 0 Å². The van der Waals surface area contributed by atoms with Gasteiger partial charge in [-0.1, -0.05) is 30.3 Å². The first kappa shape index (κ1) is 12.5. The lowest BCUT2D eigenvalue weighted by atomic mass is 9.98. The van der Waals surface area contributed by atoms with Crippen LogP contribution in [0.4, 0.5) is 0 Å². The van der Waals surface area contributed by atoms with E-state index in [0.29, 0.717) is 17.1 Å². The summed E-state index contributed by atoms with van der Waals surface area (Å²) in [4.78, 5) is 12.0. The third-order valence-electron chi connectivity index (χ3n) is 3.39. The standard InChI is InChI=1S/C16H14O4/c1-18-13-8-11-12(9-14(13)19-2)16(17)20-15(11)10-6-4-3-5-7-10/h3-9,15H,1-2H3. The molecule has 1 aliphatic rings. The number of esters is 1. The van der Waals surface area contributed by atoms with Crippen LogP contribution < -0.4 is 9.47 Å². The number of methoxy groups -OCH3 is 2. The van der Waals surface area contributed by atoms with E-state index in [1.807, 2.05) is 30.3 Å². The summed E-state index contributed by atoms with van der Waals surface area (Å²) in [6.07, 6.45) is -0.390. The van der Waals surface area contributed by atoms with Crippen LogP contribution in [0.5, 0.6) is 11.5 Å². The predicted octanol–water partition coefficient (Wildman–Crippen LogP) is 2.96. The van der Waals surface area contributed by atoms with Crippen LogP contribution in [0.15, 0.2) is 42.5 Å². The second-order valence-corrected chi connectivity index (χ2v) is 4.49. The Morgan fingerprint density at radius 3 is 2.30 bits per heavy atom. The fourth-order valence-corrected chi connectivity index (χ4v) is 2.40. The van der Waals surface area contributed by atoms with Crippen molar-refractivity contribution in [1.82, 2.24) is 0 Å². The molecule has 0 saturated heterocycles. The van der Waals surface area contributed by atoms with Crippen LogP contribution in [0.2, 0.25) is 0 Å². The minimum atomic E-state index is -0.390. The van der Waals surface area contributed by atoms with Crippen LogP contribution >= 0.6 is 0 Å². The van der Waals surface area contributed by atoms with Gasteiger partial charge in [0.25, 0.3) is 0 Å². The number of fused-ring (bicyclic) bond motifs is 1. The molecule has 2 aromatic rings. The number of ether oxygens (including phenoxy) is 3. The first-order chi connectivity index (χ1) is 9.74. The Bertz CT molecular complexity index is 649. The molecule has 4 nitrogen and oxygen atoms in total. The lowest BCUT2D eigenvalue weighted by Crippen LogP contribution is -2.00. The predicted molar refractivity (Wildman–Crippen MR) is 73.2 cm³/mol. The molecule has 0 bridgehead atoms. The van der Waals surface area contributed by atoms with E-state index in [-0.39, 0.29) is 5.97 Å². The van der Waals surface area contributed by atoms with Crippen LogP contribution in [0.3, 0.4) is 0 Å². The molecule has 3 rings (SSSR count). The van der Waals surface area contributed by atoms with Crippen molar-refractivity contribution in [2.45, 2.75) is 6.10 Å². The highest BCUT2D eigenvalue weighted by Gasteiger charge is 2.33. The Balaban J connectivity index is 2.12. The van der Waals surface area contributed by atoms with Crippen molar-refractivity contribution in [3.8, 4) is 11.5 Å². The smallest absolute Gasteiger partial charge is 0.339 e. The van der Waals surface area contributed by atoms with Crippen LogP contribution in [0.1, 0.15) is 27.6 Å². The maximum Gasteiger partial charge on any atom is 0.339 e. The third-order valence-corrected chi connectivity index (χ3v) is 3.39. The average molecular weight is 270 g/mol. The van der Waals surface area contributed by atoms with E-state index in [9.17, 15) is 4.79 Å². The summed E-state index contributed by atoms with van der Waals surface area (Å²) in [6.45, 7) is 0. The Kier molecular flexibility index (Phi) is 3.06. The molecule has 1 aliphatic heterocycles. The molecule has 0 amide bonds. The normalized spacial score (nSPS) is 16.5. The van der Waals surface area contributed by atoms with Gasteiger partial charge in [0.2, 0.25) is 0 Å². The quantitative estimate of drug-likeness (QED) is 0.804. The molecule has 20 heavy (non-hydrogen) atoms. The minimum Gasteiger partial charge on any atom is -0.493 e. The van der Waals surface area contributed by atoms with Gasteiger partial charge in [-0.2, -0.15) is 0 Å². The van der Waals surface area contributed by atoms with E-state index in [0.717, 1.165) is 11.1 Å². The van der Waals surface area contributed by atoms with Crippen LogP contribution in [0, 0.1) is 0 Å². The van der Waals surface area contributed by atoms with Crippen molar-refractivity contribution in [2.24, 2.45) is 0 Å². The molecule has 0 saturated carbocycles. The summed E-state index contributed by atoms with van der Waals surface area (Å²) in [6, 6.07) is 13.1. The average Bonchev–Trinajstić information content (AvgIpc) is 2.83.